The Hall–Kier alpha value is -0.530. The molecule has 0 aromatic carbocycles. The molecule has 2 nitrogen and oxygen atoms in total. The van der Waals surface area contributed by atoms with Crippen molar-refractivity contribution in [2.75, 3.05) is 0 Å². The number of hydrogen-bond acceptors (Lipinski definition) is 1. The quantitative estimate of drug-likeness (QED) is 0.691. The second-order valence-corrected chi connectivity index (χ2v) is 4.23. The molecule has 1 N–H and O–H groups in total. The van der Waals surface area contributed by atoms with Crippen LogP contribution in [0.25, 0.3) is 0 Å². The zero-order valence-electron chi connectivity index (χ0n) is 9.26. The van der Waals surface area contributed by atoms with Crippen LogP contribution in [0.4, 0.5) is 0 Å². The van der Waals surface area contributed by atoms with E-state index in [0.29, 0.717) is 5.92 Å². The minimum absolute atomic E-state index is 0.468. The van der Waals surface area contributed by atoms with Crippen molar-refractivity contribution < 1.29 is 9.90 Å². The first-order valence-corrected chi connectivity index (χ1v) is 5.22. The standard InChI is InChI=1S/C11H22O2/c1-5-11(6-2,10(12)13)8-7-9(3)4/h9H,5-8H2,1-4H3,(H,12,13). The van der Waals surface area contributed by atoms with Crippen LogP contribution in [0.2, 0.25) is 0 Å². The first-order valence-electron chi connectivity index (χ1n) is 5.22. The van der Waals surface area contributed by atoms with Gasteiger partial charge in [-0.2, -0.15) is 0 Å². The number of carbonyl (C=O) groups is 1. The van der Waals surface area contributed by atoms with E-state index >= 15 is 0 Å². The van der Waals surface area contributed by atoms with Crippen LogP contribution in [0.3, 0.4) is 0 Å². The van der Waals surface area contributed by atoms with Crippen LogP contribution in [0.5, 0.6) is 0 Å². The van der Waals surface area contributed by atoms with Crippen LogP contribution in [0.15, 0.2) is 0 Å². The second-order valence-electron chi connectivity index (χ2n) is 4.23. The molecule has 0 aliphatic heterocycles. The molecule has 0 aromatic heterocycles. The predicted molar refractivity (Wildman–Crippen MR) is 54.7 cm³/mol. The third-order valence-corrected chi connectivity index (χ3v) is 3.01. The predicted octanol–water partition coefficient (Wildman–Crippen LogP) is 3.31. The van der Waals surface area contributed by atoms with Gasteiger partial charge in [0.25, 0.3) is 0 Å². The Morgan fingerprint density at radius 1 is 1.31 bits per heavy atom. The molecule has 0 aromatic rings. The number of carboxylic acid groups (broad SMARTS) is 1. The van der Waals surface area contributed by atoms with Gasteiger partial charge in [-0.25, -0.2) is 0 Å². The highest BCUT2D eigenvalue weighted by Crippen LogP contribution is 2.33. The first kappa shape index (κ1) is 12.5. The van der Waals surface area contributed by atoms with Crippen molar-refractivity contribution in [3.63, 3.8) is 0 Å². The largest absolute Gasteiger partial charge is 0.481 e. The third kappa shape index (κ3) is 3.37. The lowest BCUT2D eigenvalue weighted by Crippen LogP contribution is -2.29. The summed E-state index contributed by atoms with van der Waals surface area (Å²) in [7, 11) is 0. The molecule has 0 saturated heterocycles. The highest BCUT2D eigenvalue weighted by molar-refractivity contribution is 5.74. The maximum Gasteiger partial charge on any atom is 0.309 e. The molecule has 13 heavy (non-hydrogen) atoms. The van der Waals surface area contributed by atoms with Gasteiger partial charge in [0, 0.05) is 0 Å². The van der Waals surface area contributed by atoms with Crippen LogP contribution in [0, 0.1) is 11.3 Å². The van der Waals surface area contributed by atoms with E-state index in [1.54, 1.807) is 0 Å². The second kappa shape index (κ2) is 5.25. The van der Waals surface area contributed by atoms with E-state index < -0.39 is 11.4 Å². The Labute approximate surface area is 81.3 Å². The normalized spacial score (nSPS) is 12.1. The summed E-state index contributed by atoms with van der Waals surface area (Å²) in [6.07, 6.45) is 3.30. The van der Waals surface area contributed by atoms with Crippen molar-refractivity contribution >= 4 is 5.97 Å². The van der Waals surface area contributed by atoms with Gasteiger partial charge in [0.1, 0.15) is 0 Å². The number of aliphatic carboxylic acids is 1. The lowest BCUT2D eigenvalue weighted by Gasteiger charge is -2.27. The Balaban J connectivity index is 4.31. The monoisotopic (exact) mass is 186 g/mol. The van der Waals surface area contributed by atoms with Gasteiger partial charge < -0.3 is 5.11 Å². The van der Waals surface area contributed by atoms with Gasteiger partial charge in [0.2, 0.25) is 0 Å². The summed E-state index contributed by atoms with van der Waals surface area (Å²) in [4.78, 5) is 11.1. The Morgan fingerprint density at radius 3 is 2.00 bits per heavy atom. The molecule has 0 spiro atoms. The van der Waals surface area contributed by atoms with E-state index in [1.807, 2.05) is 13.8 Å². The third-order valence-electron chi connectivity index (χ3n) is 3.01. The van der Waals surface area contributed by atoms with Gasteiger partial charge >= 0.3 is 5.97 Å². The summed E-state index contributed by atoms with van der Waals surface area (Å²) in [6.45, 7) is 8.21. The highest BCUT2D eigenvalue weighted by atomic mass is 16.4. The van der Waals surface area contributed by atoms with Crippen molar-refractivity contribution in [2.24, 2.45) is 11.3 Å². The fourth-order valence-electron chi connectivity index (χ4n) is 1.58. The zero-order chi connectivity index (χ0) is 10.5. The van der Waals surface area contributed by atoms with Gasteiger partial charge in [0.05, 0.1) is 5.41 Å². The molecule has 0 saturated carbocycles. The molecule has 2 heteroatoms. The SMILES string of the molecule is CCC(CC)(CCC(C)C)C(=O)O. The molecule has 0 fully saturated rings. The van der Waals surface area contributed by atoms with E-state index in [-0.39, 0.29) is 0 Å². The molecule has 0 bridgehead atoms. The van der Waals surface area contributed by atoms with Gasteiger partial charge in [-0.1, -0.05) is 27.7 Å². The summed E-state index contributed by atoms with van der Waals surface area (Å²) >= 11 is 0. The van der Waals surface area contributed by atoms with Crippen LogP contribution in [0.1, 0.15) is 53.4 Å². The first-order chi connectivity index (χ1) is 5.98. The number of hydrogen-bond donors (Lipinski definition) is 1. The summed E-state index contributed by atoms with van der Waals surface area (Å²) in [5.74, 6) is -0.0324. The molecule has 0 atom stereocenters. The molecule has 0 radical (unpaired) electrons. The molecule has 0 heterocycles. The molecule has 0 unspecified atom stereocenters. The molecule has 0 aliphatic carbocycles. The summed E-state index contributed by atoms with van der Waals surface area (Å²) < 4.78 is 0. The maximum absolute atomic E-state index is 11.1. The number of rotatable bonds is 6. The average molecular weight is 186 g/mol. The van der Waals surface area contributed by atoms with Crippen LogP contribution in [-0.4, -0.2) is 11.1 Å². The summed E-state index contributed by atoms with van der Waals surface area (Å²) in [6, 6.07) is 0. The van der Waals surface area contributed by atoms with Gasteiger partial charge in [-0.15, -0.1) is 0 Å². The van der Waals surface area contributed by atoms with Crippen LogP contribution < -0.4 is 0 Å². The molecule has 0 aliphatic rings. The van der Waals surface area contributed by atoms with E-state index in [0.717, 1.165) is 25.7 Å². The molecule has 78 valence electrons. The van der Waals surface area contributed by atoms with Crippen molar-refractivity contribution in [1.29, 1.82) is 0 Å². The lowest BCUT2D eigenvalue weighted by molar-refractivity contribution is -0.150. The van der Waals surface area contributed by atoms with E-state index in [4.69, 9.17) is 5.11 Å². The fourth-order valence-corrected chi connectivity index (χ4v) is 1.58. The van der Waals surface area contributed by atoms with Gasteiger partial charge in [0.15, 0.2) is 0 Å². The number of carboxylic acids is 1. The average Bonchev–Trinajstić information content (AvgIpc) is 2.06. The van der Waals surface area contributed by atoms with Crippen molar-refractivity contribution in [2.45, 2.75) is 53.4 Å². The summed E-state index contributed by atoms with van der Waals surface area (Å²) in [5, 5.41) is 9.14. The molecule has 0 rings (SSSR count). The maximum atomic E-state index is 11.1. The van der Waals surface area contributed by atoms with E-state index in [9.17, 15) is 4.79 Å². The van der Waals surface area contributed by atoms with Gasteiger partial charge in [-0.05, 0) is 31.6 Å². The molecular weight excluding hydrogens is 164 g/mol. The summed E-state index contributed by atoms with van der Waals surface area (Å²) in [5.41, 5.74) is -0.468. The minimum Gasteiger partial charge on any atom is -0.481 e. The van der Waals surface area contributed by atoms with Gasteiger partial charge in [-0.3, -0.25) is 4.79 Å². The van der Waals surface area contributed by atoms with E-state index in [1.165, 1.54) is 0 Å². The topological polar surface area (TPSA) is 37.3 Å². The smallest absolute Gasteiger partial charge is 0.309 e. The van der Waals surface area contributed by atoms with Crippen molar-refractivity contribution in [3.05, 3.63) is 0 Å². The Bertz CT molecular complexity index is 157. The van der Waals surface area contributed by atoms with Crippen molar-refractivity contribution in [1.82, 2.24) is 0 Å². The molecular formula is C11H22O2. The highest BCUT2D eigenvalue weighted by Gasteiger charge is 2.34. The van der Waals surface area contributed by atoms with Crippen LogP contribution in [-0.2, 0) is 4.79 Å². The Morgan fingerprint density at radius 2 is 1.77 bits per heavy atom. The lowest BCUT2D eigenvalue weighted by atomic mass is 9.77. The van der Waals surface area contributed by atoms with Crippen LogP contribution >= 0.6 is 0 Å². The van der Waals surface area contributed by atoms with Crippen molar-refractivity contribution in [3.8, 4) is 0 Å². The fraction of sp³-hybridized carbons (Fsp3) is 0.909. The minimum atomic E-state index is -0.627. The van der Waals surface area contributed by atoms with E-state index in [2.05, 4.69) is 13.8 Å². The Kier molecular flexibility index (Phi) is 5.04. The molecule has 0 amide bonds. The zero-order valence-corrected chi connectivity index (χ0v) is 9.26.